The number of carbonyl (C=O) groups excluding carboxylic acids is 4. The molecule has 11 nitrogen and oxygen atoms in total. The zero-order chi connectivity index (χ0) is 26.9. The van der Waals surface area contributed by atoms with Crippen molar-refractivity contribution in [3.8, 4) is 0 Å². The molecule has 1 aromatic heterocycles. The Morgan fingerprint density at radius 3 is 2.59 bits per heavy atom. The summed E-state index contributed by atoms with van der Waals surface area (Å²) >= 11 is 12.5. The number of nitrogens with one attached hydrogen (secondary N) is 1. The van der Waals surface area contributed by atoms with Crippen LogP contribution in [-0.2, 0) is 36.9 Å². The molecule has 3 rings (SSSR count). The summed E-state index contributed by atoms with van der Waals surface area (Å²) < 4.78 is 6.27. The van der Waals surface area contributed by atoms with Gasteiger partial charge in [0, 0.05) is 29.4 Å². The average molecular weight is 553 g/mol. The van der Waals surface area contributed by atoms with Gasteiger partial charge in [-0.15, -0.1) is 5.10 Å². The van der Waals surface area contributed by atoms with Crippen molar-refractivity contribution < 1.29 is 23.9 Å². The van der Waals surface area contributed by atoms with Crippen LogP contribution in [0.15, 0.2) is 18.2 Å². The van der Waals surface area contributed by atoms with Gasteiger partial charge in [-0.2, -0.15) is 0 Å². The van der Waals surface area contributed by atoms with Crippen LogP contribution in [0.3, 0.4) is 0 Å². The number of ketones is 1. The molecule has 1 N–H and O–H groups in total. The van der Waals surface area contributed by atoms with Crippen LogP contribution in [0.4, 0.5) is 0 Å². The van der Waals surface area contributed by atoms with E-state index in [9.17, 15) is 19.2 Å². The highest BCUT2D eigenvalue weighted by Crippen LogP contribution is 2.26. The molecule has 2 atom stereocenters. The summed E-state index contributed by atoms with van der Waals surface area (Å²) in [6.45, 7) is 3.53. The van der Waals surface area contributed by atoms with E-state index in [1.54, 1.807) is 32.0 Å². The predicted octanol–water partition coefficient (Wildman–Crippen LogP) is 2.37. The fourth-order valence-electron chi connectivity index (χ4n) is 4.07. The summed E-state index contributed by atoms with van der Waals surface area (Å²) in [7, 11) is 0. The van der Waals surface area contributed by atoms with E-state index in [-0.39, 0.29) is 31.9 Å². The number of aromatic nitrogens is 4. The van der Waals surface area contributed by atoms with E-state index in [2.05, 4.69) is 20.8 Å². The third-order valence-corrected chi connectivity index (χ3v) is 6.85. The van der Waals surface area contributed by atoms with Crippen LogP contribution in [0.5, 0.6) is 0 Å². The van der Waals surface area contributed by atoms with Gasteiger partial charge in [-0.05, 0) is 54.8 Å². The Hall–Kier alpha value is -3.05. The Balaban J connectivity index is 1.75. The Morgan fingerprint density at radius 1 is 1.16 bits per heavy atom. The average Bonchev–Trinajstić information content (AvgIpc) is 3.17. The Labute approximate surface area is 224 Å². The summed E-state index contributed by atoms with van der Waals surface area (Å²) in [5.74, 6) is -1.45. The molecule has 0 aliphatic carbocycles. The van der Waals surface area contributed by atoms with Crippen LogP contribution >= 0.6 is 23.2 Å². The van der Waals surface area contributed by atoms with Crippen molar-refractivity contribution in [2.24, 2.45) is 0 Å². The van der Waals surface area contributed by atoms with Gasteiger partial charge in [0.05, 0.1) is 19.1 Å². The van der Waals surface area contributed by atoms with Gasteiger partial charge in [-0.25, -0.2) is 4.68 Å². The van der Waals surface area contributed by atoms with Crippen LogP contribution in [0, 0.1) is 0 Å². The van der Waals surface area contributed by atoms with Gasteiger partial charge in [0.2, 0.25) is 11.8 Å². The van der Waals surface area contributed by atoms with Crippen molar-refractivity contribution in [1.82, 2.24) is 30.4 Å². The third kappa shape index (κ3) is 7.72. The van der Waals surface area contributed by atoms with Gasteiger partial charge >= 0.3 is 5.97 Å². The van der Waals surface area contributed by atoms with E-state index in [1.807, 2.05) is 0 Å². The number of tetrazole rings is 1. The third-order valence-electron chi connectivity index (χ3n) is 6.15. The smallest absolute Gasteiger partial charge is 0.308 e. The zero-order valence-corrected chi connectivity index (χ0v) is 22.3. The molecule has 2 unspecified atom stereocenters. The fraction of sp³-hybridized carbons (Fsp3) is 0.542. The molecule has 0 radical (unpaired) electrons. The summed E-state index contributed by atoms with van der Waals surface area (Å²) in [5, 5.41) is 15.0. The predicted molar refractivity (Wildman–Crippen MR) is 135 cm³/mol. The second-order valence-corrected chi connectivity index (χ2v) is 9.55. The number of amides is 2. The minimum Gasteiger partial charge on any atom is -0.466 e. The lowest BCUT2D eigenvalue weighted by atomic mass is 10.1. The Bertz CT molecular complexity index is 1120. The van der Waals surface area contributed by atoms with Gasteiger partial charge in [0.15, 0.2) is 11.6 Å². The van der Waals surface area contributed by atoms with Crippen molar-refractivity contribution in [3.63, 3.8) is 0 Å². The van der Waals surface area contributed by atoms with E-state index in [0.717, 1.165) is 19.3 Å². The molecule has 2 aromatic rings. The fourth-order valence-corrected chi connectivity index (χ4v) is 4.60. The lowest BCUT2D eigenvalue weighted by Crippen LogP contribution is -2.53. The molecule has 0 bridgehead atoms. The van der Waals surface area contributed by atoms with Crippen LogP contribution in [0.1, 0.15) is 57.3 Å². The minimum atomic E-state index is -1.20. The number of nitrogens with zero attached hydrogens (tertiary/aromatic N) is 5. The maximum atomic E-state index is 13.3. The Morgan fingerprint density at radius 2 is 1.89 bits per heavy atom. The number of ether oxygens (including phenoxy) is 1. The van der Waals surface area contributed by atoms with E-state index in [1.165, 1.54) is 9.58 Å². The first kappa shape index (κ1) is 28.5. The molecule has 0 spiro atoms. The molecule has 1 saturated heterocycles. The summed E-state index contributed by atoms with van der Waals surface area (Å²) in [6.07, 6.45) is 2.66. The van der Waals surface area contributed by atoms with Gasteiger partial charge in [-0.1, -0.05) is 35.7 Å². The molecule has 13 heteroatoms. The number of esters is 1. The monoisotopic (exact) mass is 552 g/mol. The molecule has 200 valence electrons. The Kier molecular flexibility index (Phi) is 10.4. The number of hydrogen-bond acceptors (Lipinski definition) is 8. The van der Waals surface area contributed by atoms with Crippen molar-refractivity contribution in [1.29, 1.82) is 0 Å². The first-order valence-corrected chi connectivity index (χ1v) is 12.9. The van der Waals surface area contributed by atoms with E-state index in [0.29, 0.717) is 34.4 Å². The number of carbonyl (C=O) groups is 4. The number of likely N-dealkylation sites (tertiary alicyclic amines) is 1. The largest absolute Gasteiger partial charge is 0.466 e. The highest BCUT2D eigenvalue weighted by atomic mass is 35.5. The quantitative estimate of drug-likeness (QED) is 0.419. The lowest BCUT2D eigenvalue weighted by Gasteiger charge is -2.28. The normalized spacial score (nSPS) is 15.6. The van der Waals surface area contributed by atoms with Crippen LogP contribution in [0.25, 0.3) is 0 Å². The standard InChI is InChI=1S/C24H30Cl2N6O5/c1-3-37-23(35)13-19(27-24(36)15(2)31-11-6-4-5-10-22(31)34)20(33)14-32-21(28-29-30-32)12-16-17(25)8-7-9-18(16)26/h7-9,15,19H,3-6,10-14H2,1-2H3,(H,27,36). The van der Waals surface area contributed by atoms with Crippen molar-refractivity contribution in [3.05, 3.63) is 39.6 Å². The van der Waals surface area contributed by atoms with Gasteiger partial charge in [0.1, 0.15) is 12.6 Å². The highest BCUT2D eigenvalue weighted by Gasteiger charge is 2.31. The molecule has 1 aromatic carbocycles. The van der Waals surface area contributed by atoms with Crippen molar-refractivity contribution in [2.75, 3.05) is 13.2 Å². The van der Waals surface area contributed by atoms with Crippen molar-refractivity contribution in [2.45, 2.75) is 71.0 Å². The maximum absolute atomic E-state index is 13.3. The molecule has 1 fully saturated rings. The van der Waals surface area contributed by atoms with Gasteiger partial charge in [-0.3, -0.25) is 19.2 Å². The second kappa shape index (κ2) is 13.5. The minimum absolute atomic E-state index is 0.106. The highest BCUT2D eigenvalue weighted by molar-refractivity contribution is 6.36. The molecular formula is C24H30Cl2N6O5. The summed E-state index contributed by atoms with van der Waals surface area (Å²) in [5.41, 5.74) is 0.599. The van der Waals surface area contributed by atoms with E-state index < -0.39 is 29.7 Å². The lowest BCUT2D eigenvalue weighted by molar-refractivity contribution is -0.146. The van der Waals surface area contributed by atoms with Gasteiger partial charge in [0.25, 0.3) is 0 Å². The first-order valence-electron chi connectivity index (χ1n) is 12.2. The van der Waals surface area contributed by atoms with Crippen LogP contribution < -0.4 is 5.32 Å². The topological polar surface area (TPSA) is 136 Å². The van der Waals surface area contributed by atoms with Crippen molar-refractivity contribution >= 4 is 46.8 Å². The summed E-state index contributed by atoms with van der Waals surface area (Å²) in [4.78, 5) is 52.5. The van der Waals surface area contributed by atoms with E-state index in [4.69, 9.17) is 27.9 Å². The number of benzene rings is 1. The van der Waals surface area contributed by atoms with E-state index >= 15 is 0 Å². The SMILES string of the molecule is CCOC(=O)CC(NC(=O)C(C)N1CCCCCC1=O)C(=O)Cn1nnnc1Cc1c(Cl)cccc1Cl. The molecule has 1 aliphatic rings. The summed E-state index contributed by atoms with van der Waals surface area (Å²) in [6, 6.07) is 3.08. The maximum Gasteiger partial charge on any atom is 0.308 e. The second-order valence-electron chi connectivity index (χ2n) is 8.74. The number of Topliss-reactive ketones (excluding diaryl/α,β-unsaturated/α-hetero) is 1. The molecule has 2 amide bonds. The number of rotatable bonds is 11. The molecule has 0 saturated carbocycles. The van der Waals surface area contributed by atoms with Gasteiger partial charge < -0.3 is 15.0 Å². The molecule has 37 heavy (non-hydrogen) atoms. The number of hydrogen-bond donors (Lipinski definition) is 1. The molecule has 2 heterocycles. The first-order chi connectivity index (χ1) is 17.7. The van der Waals surface area contributed by atoms with Crippen LogP contribution in [0.2, 0.25) is 10.0 Å². The zero-order valence-electron chi connectivity index (χ0n) is 20.8. The van der Waals surface area contributed by atoms with Crippen LogP contribution in [-0.4, -0.2) is 73.9 Å². The molecular weight excluding hydrogens is 523 g/mol. The molecule has 1 aliphatic heterocycles. The number of halogens is 2.